The Hall–Kier alpha value is -2.38. The molecule has 3 rings (SSSR count). The van der Waals surface area contributed by atoms with Crippen LogP contribution < -0.4 is 10.2 Å². The molecule has 0 saturated carbocycles. The number of hydrogen-bond acceptors (Lipinski definition) is 3. The topological polar surface area (TPSA) is 81.6 Å². The maximum atomic E-state index is 12.4. The number of quaternary nitrogens is 1. The van der Waals surface area contributed by atoms with Crippen molar-refractivity contribution in [1.82, 2.24) is 4.57 Å². The summed E-state index contributed by atoms with van der Waals surface area (Å²) in [5, 5.41) is 14.1. The molecule has 25 heavy (non-hydrogen) atoms. The highest BCUT2D eigenvalue weighted by Crippen LogP contribution is 2.27. The van der Waals surface area contributed by atoms with Gasteiger partial charge in [-0.25, -0.2) is 0 Å². The summed E-state index contributed by atoms with van der Waals surface area (Å²) in [7, 11) is 2.00. The zero-order chi connectivity index (χ0) is 18.0. The number of amides is 1. The number of hydrogen-bond donors (Lipinski definition) is 2. The Bertz CT molecular complexity index is 805. The number of carbonyl (C=O) groups is 1. The number of aromatic nitrogens is 1. The predicted molar refractivity (Wildman–Crippen MR) is 94.8 cm³/mol. The Balaban J connectivity index is 1.71. The van der Waals surface area contributed by atoms with Crippen LogP contribution in [0.1, 0.15) is 24.6 Å². The van der Waals surface area contributed by atoms with E-state index in [1.807, 2.05) is 19.3 Å². The highest BCUT2D eigenvalue weighted by Gasteiger charge is 2.33. The van der Waals surface area contributed by atoms with Gasteiger partial charge in [0, 0.05) is 37.2 Å². The number of nitro groups is 1. The van der Waals surface area contributed by atoms with Crippen molar-refractivity contribution in [3.63, 3.8) is 0 Å². The number of carbonyl (C=O) groups excluding carboxylic acids is 1. The molecule has 1 fully saturated rings. The number of anilines is 1. The SMILES string of the molecule is Cn1cccc1[C@H]1CCC[NH+]1CC(=O)Nc1ccc(Cl)cc1[N+](=O)[O-]. The first kappa shape index (κ1) is 17.4. The van der Waals surface area contributed by atoms with E-state index >= 15 is 0 Å². The Kier molecular flexibility index (Phi) is 5.06. The number of nitrogens with one attached hydrogen (secondary N) is 2. The van der Waals surface area contributed by atoms with Crippen LogP contribution in [0.3, 0.4) is 0 Å². The summed E-state index contributed by atoms with van der Waals surface area (Å²) < 4.78 is 2.08. The largest absolute Gasteiger partial charge is 0.350 e. The molecule has 0 radical (unpaired) electrons. The molecule has 2 N–H and O–H groups in total. The molecule has 1 aromatic heterocycles. The lowest BCUT2D eigenvalue weighted by atomic mass is 10.1. The van der Waals surface area contributed by atoms with Crippen molar-refractivity contribution in [3.8, 4) is 0 Å². The first-order valence-corrected chi connectivity index (χ1v) is 8.53. The van der Waals surface area contributed by atoms with Gasteiger partial charge in [-0.1, -0.05) is 11.6 Å². The lowest BCUT2D eigenvalue weighted by Gasteiger charge is -2.21. The quantitative estimate of drug-likeness (QED) is 0.629. The molecule has 1 aliphatic rings. The van der Waals surface area contributed by atoms with E-state index < -0.39 is 4.92 Å². The standard InChI is InChI=1S/C17H19ClN4O3/c1-20-8-2-4-14(20)15-5-3-9-21(15)11-17(23)19-13-7-6-12(18)10-16(13)22(24)25/h2,4,6-8,10,15H,3,5,9,11H2,1H3,(H,19,23)/p+1/t15-/m1/s1. The summed E-state index contributed by atoms with van der Waals surface area (Å²) >= 11 is 5.80. The van der Waals surface area contributed by atoms with Crippen LogP contribution in [0, 0.1) is 10.1 Å². The van der Waals surface area contributed by atoms with Crippen molar-refractivity contribution in [2.45, 2.75) is 18.9 Å². The minimum atomic E-state index is -0.545. The number of aryl methyl sites for hydroxylation is 1. The zero-order valence-electron chi connectivity index (χ0n) is 13.9. The molecule has 8 heteroatoms. The van der Waals surface area contributed by atoms with Gasteiger partial charge in [0.15, 0.2) is 6.54 Å². The van der Waals surface area contributed by atoms with Crippen LogP contribution in [0.5, 0.6) is 0 Å². The average Bonchev–Trinajstić information content (AvgIpc) is 3.17. The Labute approximate surface area is 150 Å². The summed E-state index contributed by atoms with van der Waals surface area (Å²) in [6.45, 7) is 1.18. The number of likely N-dealkylation sites (tertiary alicyclic amines) is 1. The molecular weight excluding hydrogens is 344 g/mol. The van der Waals surface area contributed by atoms with Crippen molar-refractivity contribution in [3.05, 3.63) is 57.4 Å². The van der Waals surface area contributed by atoms with Crippen LogP contribution in [0.15, 0.2) is 36.5 Å². The fourth-order valence-corrected chi connectivity index (χ4v) is 3.65. The molecular formula is C17H20ClN4O3+. The number of nitrogens with zero attached hydrogens (tertiary/aromatic N) is 2. The molecule has 0 aliphatic carbocycles. The van der Waals surface area contributed by atoms with Crippen LogP contribution in [-0.2, 0) is 11.8 Å². The molecule has 1 aromatic carbocycles. The monoisotopic (exact) mass is 363 g/mol. The first-order valence-electron chi connectivity index (χ1n) is 8.15. The first-order chi connectivity index (χ1) is 12.0. The molecule has 2 aromatic rings. The van der Waals surface area contributed by atoms with Gasteiger partial charge in [-0.15, -0.1) is 0 Å². The third-order valence-electron chi connectivity index (χ3n) is 4.64. The molecule has 2 heterocycles. The lowest BCUT2D eigenvalue weighted by molar-refractivity contribution is -0.910. The van der Waals surface area contributed by atoms with Crippen LogP contribution in [-0.4, -0.2) is 28.5 Å². The van der Waals surface area contributed by atoms with E-state index in [1.165, 1.54) is 28.8 Å². The summed E-state index contributed by atoms with van der Waals surface area (Å²) in [6.07, 6.45) is 4.09. The van der Waals surface area contributed by atoms with E-state index in [9.17, 15) is 14.9 Å². The normalized spacial score (nSPS) is 19.8. The van der Waals surface area contributed by atoms with Gasteiger partial charge < -0.3 is 14.8 Å². The molecule has 7 nitrogen and oxygen atoms in total. The summed E-state index contributed by atoms with van der Waals surface area (Å²) in [4.78, 5) is 24.2. The average molecular weight is 364 g/mol. The van der Waals surface area contributed by atoms with Gasteiger partial charge in [-0.3, -0.25) is 14.9 Å². The van der Waals surface area contributed by atoms with Crippen molar-refractivity contribution >= 4 is 28.9 Å². The molecule has 0 bridgehead atoms. The smallest absolute Gasteiger partial charge is 0.294 e. The van der Waals surface area contributed by atoms with Crippen molar-refractivity contribution in [2.24, 2.45) is 7.05 Å². The van der Waals surface area contributed by atoms with Gasteiger partial charge >= 0.3 is 0 Å². The fraction of sp³-hybridized carbons (Fsp3) is 0.353. The molecule has 1 amide bonds. The third-order valence-corrected chi connectivity index (χ3v) is 4.88. The van der Waals surface area contributed by atoms with E-state index in [4.69, 9.17) is 11.6 Å². The predicted octanol–water partition coefficient (Wildman–Crippen LogP) is 1.95. The number of nitro benzene ring substituents is 1. The Morgan fingerprint density at radius 1 is 1.48 bits per heavy atom. The van der Waals surface area contributed by atoms with E-state index in [0.717, 1.165) is 19.4 Å². The van der Waals surface area contributed by atoms with Gasteiger partial charge in [0.25, 0.3) is 11.6 Å². The Morgan fingerprint density at radius 3 is 2.96 bits per heavy atom. The fourth-order valence-electron chi connectivity index (χ4n) is 3.48. The summed E-state index contributed by atoms with van der Waals surface area (Å²) in [6, 6.07) is 8.59. The second kappa shape index (κ2) is 7.25. The second-order valence-corrected chi connectivity index (χ2v) is 6.73. The summed E-state index contributed by atoms with van der Waals surface area (Å²) in [5.41, 5.74) is 1.18. The maximum absolute atomic E-state index is 12.4. The highest BCUT2D eigenvalue weighted by molar-refractivity contribution is 6.31. The third kappa shape index (κ3) is 3.83. The minimum Gasteiger partial charge on any atom is -0.350 e. The van der Waals surface area contributed by atoms with Gasteiger partial charge in [-0.05, 0) is 24.3 Å². The molecule has 0 spiro atoms. The Morgan fingerprint density at radius 2 is 2.28 bits per heavy atom. The van der Waals surface area contributed by atoms with E-state index in [2.05, 4.69) is 16.0 Å². The minimum absolute atomic E-state index is 0.174. The van der Waals surface area contributed by atoms with Gasteiger partial charge in [0.1, 0.15) is 11.7 Å². The lowest BCUT2D eigenvalue weighted by Crippen LogP contribution is -3.11. The van der Waals surface area contributed by atoms with E-state index in [0.29, 0.717) is 0 Å². The number of benzene rings is 1. The summed E-state index contributed by atoms with van der Waals surface area (Å²) in [5.74, 6) is -0.235. The van der Waals surface area contributed by atoms with Gasteiger partial charge in [0.2, 0.25) is 0 Å². The number of halogens is 1. The van der Waals surface area contributed by atoms with Crippen LogP contribution in [0.2, 0.25) is 5.02 Å². The molecule has 1 saturated heterocycles. The second-order valence-electron chi connectivity index (χ2n) is 6.29. The zero-order valence-corrected chi connectivity index (χ0v) is 14.6. The molecule has 2 atom stereocenters. The van der Waals surface area contributed by atoms with Crippen molar-refractivity contribution in [2.75, 3.05) is 18.4 Å². The van der Waals surface area contributed by atoms with Gasteiger partial charge in [0.05, 0.1) is 17.2 Å². The molecule has 1 unspecified atom stereocenters. The van der Waals surface area contributed by atoms with E-state index in [1.54, 1.807) is 0 Å². The molecule has 132 valence electrons. The van der Waals surface area contributed by atoms with E-state index in [-0.39, 0.29) is 34.9 Å². The highest BCUT2D eigenvalue weighted by atomic mass is 35.5. The number of rotatable bonds is 5. The van der Waals surface area contributed by atoms with Crippen LogP contribution >= 0.6 is 11.6 Å². The molecule has 1 aliphatic heterocycles. The maximum Gasteiger partial charge on any atom is 0.294 e. The van der Waals surface area contributed by atoms with Crippen molar-refractivity contribution in [1.29, 1.82) is 0 Å². The van der Waals surface area contributed by atoms with Crippen molar-refractivity contribution < 1.29 is 14.6 Å². The van der Waals surface area contributed by atoms with Crippen LogP contribution in [0.4, 0.5) is 11.4 Å². The van der Waals surface area contributed by atoms with Gasteiger partial charge in [-0.2, -0.15) is 0 Å². The van der Waals surface area contributed by atoms with Crippen LogP contribution in [0.25, 0.3) is 0 Å².